The number of aromatic carboxylic acids is 1. The molecule has 3 heterocycles. The number of aromatic nitrogens is 3. The quantitative estimate of drug-likeness (QED) is 0.417. The van der Waals surface area contributed by atoms with Gasteiger partial charge in [-0.05, 0) is 25.1 Å². The zero-order valence-electron chi connectivity index (χ0n) is 17.1. The summed E-state index contributed by atoms with van der Waals surface area (Å²) in [6.45, 7) is 1.54. The van der Waals surface area contributed by atoms with Gasteiger partial charge in [0.25, 0.3) is 5.56 Å². The van der Waals surface area contributed by atoms with Crippen LogP contribution in [0.1, 0.15) is 21.6 Å². The van der Waals surface area contributed by atoms with E-state index in [1.807, 2.05) is 0 Å². The molecule has 166 valence electrons. The van der Waals surface area contributed by atoms with Gasteiger partial charge in [-0.2, -0.15) is 0 Å². The summed E-state index contributed by atoms with van der Waals surface area (Å²) in [6.07, 6.45) is 0. The van der Waals surface area contributed by atoms with E-state index in [4.69, 9.17) is 0 Å². The maximum atomic E-state index is 14.4. The molecule has 2 N–H and O–H groups in total. The molecule has 3 aromatic heterocycles. The van der Waals surface area contributed by atoms with Gasteiger partial charge in [-0.25, -0.2) is 22.9 Å². The van der Waals surface area contributed by atoms with Crippen molar-refractivity contribution in [3.8, 4) is 5.69 Å². The van der Waals surface area contributed by atoms with Crippen molar-refractivity contribution in [2.24, 2.45) is 0 Å². The first kappa shape index (κ1) is 20.8. The van der Waals surface area contributed by atoms with Gasteiger partial charge in [0.15, 0.2) is 5.69 Å². The Morgan fingerprint density at radius 1 is 1.09 bits per heavy atom. The van der Waals surface area contributed by atoms with E-state index >= 15 is 0 Å². The average Bonchev–Trinajstić information content (AvgIpc) is 3.33. The Balaban J connectivity index is 1.90. The Labute approximate surface area is 187 Å². The summed E-state index contributed by atoms with van der Waals surface area (Å²) >= 11 is 1.23. The molecule has 33 heavy (non-hydrogen) atoms. The van der Waals surface area contributed by atoms with E-state index < -0.39 is 28.9 Å². The third-order valence-electron chi connectivity index (χ3n) is 5.50. The van der Waals surface area contributed by atoms with Gasteiger partial charge >= 0.3 is 11.7 Å². The Morgan fingerprint density at radius 2 is 1.88 bits per heavy atom. The Hall–Kier alpha value is -4.05. The second kappa shape index (κ2) is 7.52. The summed E-state index contributed by atoms with van der Waals surface area (Å²) in [4.78, 5) is 41.2. The molecule has 0 radical (unpaired) electrons. The lowest BCUT2D eigenvalue weighted by atomic mass is 10.1. The van der Waals surface area contributed by atoms with E-state index in [2.05, 4.69) is 4.98 Å². The summed E-state index contributed by atoms with van der Waals surface area (Å²) in [7, 11) is 0. The molecule has 5 rings (SSSR count). The van der Waals surface area contributed by atoms with E-state index in [1.54, 1.807) is 35.9 Å². The standard InChI is InChI=1S/C23H15F2N3O4S/c1-11-2-5-18-14(6-11)19(28-21(29)15-9-33-10-17(15)26-23(28)32)20(22(30)31)27(18)8-12-3-4-13(24)7-16(12)25/h2-7,9-10H,8H2,1H3,(H,26,32)(H,30,31). The number of halogens is 2. The molecule has 0 bridgehead atoms. The minimum absolute atomic E-state index is 0.0532. The number of nitrogens with zero attached hydrogens (tertiary/aromatic N) is 2. The highest BCUT2D eigenvalue weighted by atomic mass is 32.1. The van der Waals surface area contributed by atoms with Crippen LogP contribution in [0.4, 0.5) is 8.78 Å². The van der Waals surface area contributed by atoms with Gasteiger partial charge < -0.3 is 14.7 Å². The number of aromatic amines is 1. The smallest absolute Gasteiger partial charge is 0.354 e. The lowest BCUT2D eigenvalue weighted by Gasteiger charge is -2.11. The molecule has 5 aromatic rings. The molecule has 10 heteroatoms. The number of thiophene rings is 1. The average molecular weight is 467 g/mol. The first-order chi connectivity index (χ1) is 15.8. The Bertz CT molecular complexity index is 1710. The van der Waals surface area contributed by atoms with Crippen molar-refractivity contribution in [1.29, 1.82) is 0 Å². The highest BCUT2D eigenvalue weighted by Crippen LogP contribution is 2.31. The number of benzene rings is 2. The number of fused-ring (bicyclic) bond motifs is 2. The molecule has 0 atom stereocenters. The predicted octanol–water partition coefficient (Wildman–Crippen LogP) is 4.03. The number of rotatable bonds is 4. The highest BCUT2D eigenvalue weighted by molar-refractivity contribution is 7.09. The van der Waals surface area contributed by atoms with Gasteiger partial charge in [0, 0.05) is 27.8 Å². The fraction of sp³-hybridized carbons (Fsp3) is 0.0870. The maximum absolute atomic E-state index is 14.4. The third kappa shape index (κ3) is 3.26. The second-order valence-corrected chi connectivity index (χ2v) is 8.36. The van der Waals surface area contributed by atoms with Gasteiger partial charge in [-0.3, -0.25) is 4.79 Å². The van der Waals surface area contributed by atoms with E-state index in [0.29, 0.717) is 22.5 Å². The van der Waals surface area contributed by atoms with E-state index in [9.17, 15) is 28.3 Å². The maximum Gasteiger partial charge on any atom is 0.354 e. The molecule has 0 spiro atoms. The number of aryl methyl sites for hydroxylation is 1. The summed E-state index contributed by atoms with van der Waals surface area (Å²) in [5, 5.41) is 13.9. The van der Waals surface area contributed by atoms with E-state index in [0.717, 1.165) is 16.2 Å². The van der Waals surface area contributed by atoms with Crippen LogP contribution in [0.5, 0.6) is 0 Å². The number of carbonyl (C=O) groups is 1. The molecule has 0 aliphatic carbocycles. The molecule has 0 saturated carbocycles. The van der Waals surface area contributed by atoms with Crippen LogP contribution in [0.15, 0.2) is 56.7 Å². The van der Waals surface area contributed by atoms with Crippen molar-refractivity contribution in [1.82, 2.24) is 14.1 Å². The molecule has 2 aromatic carbocycles. The van der Waals surface area contributed by atoms with Gasteiger partial charge in [0.05, 0.1) is 28.7 Å². The fourth-order valence-electron chi connectivity index (χ4n) is 4.02. The molecule has 0 fully saturated rings. The number of carboxylic acid groups (broad SMARTS) is 1. The monoisotopic (exact) mass is 467 g/mol. The zero-order valence-corrected chi connectivity index (χ0v) is 17.9. The largest absolute Gasteiger partial charge is 0.477 e. The van der Waals surface area contributed by atoms with Crippen LogP contribution in [0, 0.1) is 18.6 Å². The van der Waals surface area contributed by atoms with Gasteiger partial charge in [-0.15, -0.1) is 11.3 Å². The van der Waals surface area contributed by atoms with E-state index in [1.165, 1.54) is 22.0 Å². The molecule has 0 aliphatic heterocycles. The first-order valence-corrected chi connectivity index (χ1v) is 10.7. The fourth-order valence-corrected chi connectivity index (χ4v) is 4.78. The van der Waals surface area contributed by atoms with Gasteiger partial charge in [-0.1, -0.05) is 17.7 Å². The lowest BCUT2D eigenvalue weighted by molar-refractivity contribution is 0.0686. The minimum Gasteiger partial charge on any atom is -0.477 e. The number of H-pyrrole nitrogens is 1. The van der Waals surface area contributed by atoms with Crippen LogP contribution in [0.25, 0.3) is 27.5 Å². The van der Waals surface area contributed by atoms with Crippen molar-refractivity contribution < 1.29 is 18.7 Å². The lowest BCUT2D eigenvalue weighted by Crippen LogP contribution is -2.34. The van der Waals surface area contributed by atoms with Crippen LogP contribution >= 0.6 is 11.3 Å². The van der Waals surface area contributed by atoms with Gasteiger partial charge in [0.1, 0.15) is 11.6 Å². The Kier molecular flexibility index (Phi) is 4.75. The third-order valence-corrected chi connectivity index (χ3v) is 6.25. The molecule has 0 aliphatic rings. The number of carboxylic acids is 1. The minimum atomic E-state index is -1.40. The molecule has 0 saturated heterocycles. The predicted molar refractivity (Wildman–Crippen MR) is 121 cm³/mol. The molecular formula is C23H15F2N3O4S. The number of hydrogen-bond acceptors (Lipinski definition) is 4. The SMILES string of the molecule is Cc1ccc2c(c1)c(-n1c(=O)[nH]c3cscc3c1=O)c(C(=O)O)n2Cc1ccc(F)cc1F. The van der Waals surface area contributed by atoms with Crippen molar-refractivity contribution in [2.75, 3.05) is 0 Å². The molecule has 7 nitrogen and oxygen atoms in total. The van der Waals surface area contributed by atoms with Crippen LogP contribution in [0.3, 0.4) is 0 Å². The summed E-state index contributed by atoms with van der Waals surface area (Å²) < 4.78 is 29.9. The number of hydrogen-bond donors (Lipinski definition) is 2. The number of nitrogens with one attached hydrogen (secondary N) is 1. The molecule has 0 amide bonds. The normalized spacial score (nSPS) is 11.5. The Morgan fingerprint density at radius 3 is 2.61 bits per heavy atom. The second-order valence-electron chi connectivity index (χ2n) is 7.61. The summed E-state index contributed by atoms with van der Waals surface area (Å²) in [5.74, 6) is -3.00. The summed E-state index contributed by atoms with van der Waals surface area (Å²) in [6, 6.07) is 8.07. The van der Waals surface area contributed by atoms with Crippen molar-refractivity contribution in [2.45, 2.75) is 13.5 Å². The van der Waals surface area contributed by atoms with Crippen molar-refractivity contribution in [3.05, 3.63) is 96.5 Å². The molecular weight excluding hydrogens is 452 g/mol. The topological polar surface area (TPSA) is 97.1 Å². The van der Waals surface area contributed by atoms with Crippen molar-refractivity contribution in [3.63, 3.8) is 0 Å². The van der Waals surface area contributed by atoms with Crippen LogP contribution in [-0.4, -0.2) is 25.2 Å². The van der Waals surface area contributed by atoms with Crippen molar-refractivity contribution >= 4 is 39.1 Å². The van der Waals surface area contributed by atoms with Crippen LogP contribution < -0.4 is 11.2 Å². The molecule has 0 unspecified atom stereocenters. The first-order valence-electron chi connectivity index (χ1n) is 9.78. The summed E-state index contributed by atoms with van der Waals surface area (Å²) in [5.41, 5.74) is -0.355. The van der Waals surface area contributed by atoms with Crippen LogP contribution in [0.2, 0.25) is 0 Å². The zero-order chi connectivity index (χ0) is 23.4. The van der Waals surface area contributed by atoms with E-state index in [-0.39, 0.29) is 28.9 Å². The van der Waals surface area contributed by atoms with Gasteiger partial charge in [0.2, 0.25) is 0 Å². The highest BCUT2D eigenvalue weighted by Gasteiger charge is 2.27. The van der Waals surface area contributed by atoms with Crippen LogP contribution in [-0.2, 0) is 6.54 Å².